The molecule has 0 fully saturated rings. The van der Waals surface area contributed by atoms with Gasteiger partial charge in [-0.05, 0) is 31.5 Å². The maximum atomic E-state index is 12.1. The molecule has 2 rings (SSSR count). The van der Waals surface area contributed by atoms with Gasteiger partial charge in [0.05, 0.1) is 18.8 Å². The molecule has 20 heavy (non-hydrogen) atoms. The highest BCUT2D eigenvalue weighted by Crippen LogP contribution is 2.25. The smallest absolute Gasteiger partial charge is 0.250 e. The van der Waals surface area contributed by atoms with E-state index in [9.17, 15) is 8.42 Å². The van der Waals surface area contributed by atoms with Crippen LogP contribution in [0.25, 0.3) is 0 Å². The summed E-state index contributed by atoms with van der Waals surface area (Å²) in [6.45, 7) is 3.47. The molecule has 2 aromatic rings. The van der Waals surface area contributed by atoms with Crippen molar-refractivity contribution in [2.24, 2.45) is 0 Å². The fourth-order valence-corrected chi connectivity index (χ4v) is 4.11. The van der Waals surface area contributed by atoms with Gasteiger partial charge in [-0.3, -0.25) is 0 Å². The molecule has 0 saturated heterocycles. The summed E-state index contributed by atoms with van der Waals surface area (Å²) < 4.78 is 27.0. The molecule has 2 N–H and O–H groups in total. The Kier molecular flexibility index (Phi) is 4.48. The fraction of sp³-hybridized carbons (Fsp3) is 0.333. The zero-order valence-electron chi connectivity index (χ0n) is 11.1. The van der Waals surface area contributed by atoms with Crippen LogP contribution < -0.4 is 4.72 Å². The van der Waals surface area contributed by atoms with E-state index in [0.29, 0.717) is 16.4 Å². The minimum atomic E-state index is -3.59. The third kappa shape index (κ3) is 3.40. The van der Waals surface area contributed by atoms with E-state index in [0.717, 1.165) is 16.9 Å². The molecule has 0 aromatic carbocycles. The molecular formula is C12H15N3O3S2. The zero-order chi connectivity index (χ0) is 14.8. The van der Waals surface area contributed by atoms with Crippen LogP contribution in [0.5, 0.6) is 0 Å². The third-order valence-electron chi connectivity index (χ3n) is 2.68. The average molecular weight is 313 g/mol. The number of aliphatic hydroxyl groups is 1. The van der Waals surface area contributed by atoms with Crippen molar-refractivity contribution in [3.63, 3.8) is 0 Å². The largest absolute Gasteiger partial charge is 0.391 e. The normalized spacial score (nSPS) is 11.8. The molecule has 2 aromatic heterocycles. The van der Waals surface area contributed by atoms with Crippen LogP contribution in [0.4, 0.5) is 0 Å². The third-order valence-corrected chi connectivity index (χ3v) is 5.78. The summed E-state index contributed by atoms with van der Waals surface area (Å²) in [5.41, 5.74) is 1.38. The quantitative estimate of drug-likeness (QED) is 0.863. The van der Waals surface area contributed by atoms with Crippen molar-refractivity contribution in [3.8, 4) is 0 Å². The standard InChI is InChI=1S/C12H15N3O3S2/c1-8-5-12(19-11(8)7-16)20(17,18)14-6-10-3-4-13-9(2)15-10/h3-5,14,16H,6-7H2,1-2H3. The monoisotopic (exact) mass is 313 g/mol. The predicted octanol–water partition coefficient (Wildman–Crippen LogP) is 1.13. The number of nitrogens with one attached hydrogen (secondary N) is 1. The number of hydrogen-bond donors (Lipinski definition) is 2. The molecule has 0 atom stereocenters. The van der Waals surface area contributed by atoms with Gasteiger partial charge in [-0.25, -0.2) is 23.1 Å². The Morgan fingerprint density at radius 1 is 1.40 bits per heavy atom. The highest BCUT2D eigenvalue weighted by molar-refractivity contribution is 7.91. The Bertz CT molecular complexity index is 710. The molecule has 0 aliphatic rings. The molecule has 0 radical (unpaired) electrons. The van der Waals surface area contributed by atoms with Gasteiger partial charge in [-0.2, -0.15) is 0 Å². The van der Waals surface area contributed by atoms with Gasteiger partial charge in [0.1, 0.15) is 10.0 Å². The molecular weight excluding hydrogens is 298 g/mol. The molecule has 0 unspecified atom stereocenters. The molecule has 8 heteroatoms. The molecule has 0 bridgehead atoms. The number of aliphatic hydroxyl groups excluding tert-OH is 1. The van der Waals surface area contributed by atoms with Crippen molar-refractivity contribution >= 4 is 21.4 Å². The van der Waals surface area contributed by atoms with Gasteiger partial charge in [0.25, 0.3) is 0 Å². The van der Waals surface area contributed by atoms with Crippen molar-refractivity contribution in [1.29, 1.82) is 0 Å². The van der Waals surface area contributed by atoms with Crippen molar-refractivity contribution in [3.05, 3.63) is 40.3 Å². The number of thiophene rings is 1. The van der Waals surface area contributed by atoms with E-state index in [1.54, 1.807) is 32.2 Å². The van der Waals surface area contributed by atoms with E-state index >= 15 is 0 Å². The van der Waals surface area contributed by atoms with Crippen LogP contribution in [0.3, 0.4) is 0 Å². The maximum Gasteiger partial charge on any atom is 0.250 e. The Hall–Kier alpha value is -1.35. The maximum absolute atomic E-state index is 12.1. The highest BCUT2D eigenvalue weighted by atomic mass is 32.2. The second-order valence-corrected chi connectivity index (χ2v) is 7.38. The van der Waals surface area contributed by atoms with E-state index in [2.05, 4.69) is 14.7 Å². The van der Waals surface area contributed by atoms with E-state index in [4.69, 9.17) is 5.11 Å². The molecule has 0 aliphatic heterocycles. The van der Waals surface area contributed by atoms with Gasteiger partial charge in [-0.15, -0.1) is 11.3 Å². The lowest BCUT2D eigenvalue weighted by Gasteiger charge is -2.04. The molecule has 0 aliphatic carbocycles. The van der Waals surface area contributed by atoms with Crippen LogP contribution in [0, 0.1) is 13.8 Å². The van der Waals surface area contributed by atoms with Crippen molar-refractivity contribution in [2.75, 3.05) is 0 Å². The summed E-state index contributed by atoms with van der Waals surface area (Å²) in [7, 11) is -3.59. The second kappa shape index (κ2) is 5.96. The SMILES string of the molecule is Cc1nccc(CNS(=O)(=O)c2cc(C)c(CO)s2)n1. The molecule has 2 heterocycles. The van der Waals surface area contributed by atoms with Gasteiger partial charge < -0.3 is 5.11 Å². The first kappa shape index (κ1) is 15.0. The van der Waals surface area contributed by atoms with E-state index in [-0.39, 0.29) is 17.4 Å². The van der Waals surface area contributed by atoms with E-state index in [1.165, 1.54) is 0 Å². The second-order valence-electron chi connectivity index (χ2n) is 4.25. The van der Waals surface area contributed by atoms with Crippen LogP contribution in [-0.2, 0) is 23.2 Å². The summed E-state index contributed by atoms with van der Waals surface area (Å²) in [4.78, 5) is 8.74. The Morgan fingerprint density at radius 2 is 2.15 bits per heavy atom. The molecule has 108 valence electrons. The van der Waals surface area contributed by atoms with Crippen LogP contribution in [0.2, 0.25) is 0 Å². The predicted molar refractivity (Wildman–Crippen MR) is 75.8 cm³/mol. The van der Waals surface area contributed by atoms with Crippen molar-refractivity contribution in [2.45, 2.75) is 31.2 Å². The zero-order valence-corrected chi connectivity index (χ0v) is 12.8. The Balaban J connectivity index is 2.15. The van der Waals surface area contributed by atoms with Gasteiger partial charge in [0.2, 0.25) is 10.0 Å². The molecule has 6 nitrogen and oxygen atoms in total. The summed E-state index contributed by atoms with van der Waals surface area (Å²) >= 11 is 1.07. The average Bonchev–Trinajstić information content (AvgIpc) is 2.79. The molecule has 0 spiro atoms. The highest BCUT2D eigenvalue weighted by Gasteiger charge is 2.18. The van der Waals surface area contributed by atoms with Gasteiger partial charge in [0.15, 0.2) is 0 Å². The Morgan fingerprint density at radius 3 is 2.75 bits per heavy atom. The van der Waals surface area contributed by atoms with Crippen molar-refractivity contribution in [1.82, 2.24) is 14.7 Å². The minimum Gasteiger partial charge on any atom is -0.391 e. The number of rotatable bonds is 5. The fourth-order valence-electron chi connectivity index (χ4n) is 1.62. The van der Waals surface area contributed by atoms with Crippen LogP contribution in [0.1, 0.15) is 22.0 Å². The summed E-state index contributed by atoms with van der Waals surface area (Å²) in [6, 6.07) is 3.22. The van der Waals surface area contributed by atoms with Crippen LogP contribution in [-0.4, -0.2) is 23.5 Å². The number of nitrogens with zero attached hydrogens (tertiary/aromatic N) is 2. The number of hydrogen-bond acceptors (Lipinski definition) is 6. The lowest BCUT2D eigenvalue weighted by molar-refractivity contribution is 0.285. The summed E-state index contributed by atoms with van der Waals surface area (Å²) in [5.74, 6) is 0.594. The summed E-state index contributed by atoms with van der Waals surface area (Å²) in [6.07, 6.45) is 1.59. The first-order chi connectivity index (χ1) is 9.42. The number of sulfonamides is 1. The molecule has 0 saturated carbocycles. The van der Waals surface area contributed by atoms with Gasteiger partial charge in [0, 0.05) is 11.1 Å². The van der Waals surface area contributed by atoms with E-state index in [1.807, 2.05) is 0 Å². The van der Waals surface area contributed by atoms with Gasteiger partial charge in [-0.1, -0.05) is 0 Å². The topological polar surface area (TPSA) is 92.2 Å². The first-order valence-electron chi connectivity index (χ1n) is 5.91. The lowest BCUT2D eigenvalue weighted by Crippen LogP contribution is -2.23. The van der Waals surface area contributed by atoms with E-state index < -0.39 is 10.0 Å². The lowest BCUT2D eigenvalue weighted by atomic mass is 10.3. The van der Waals surface area contributed by atoms with Gasteiger partial charge >= 0.3 is 0 Å². The minimum absolute atomic E-state index is 0.108. The Labute approximate surface area is 121 Å². The summed E-state index contributed by atoms with van der Waals surface area (Å²) in [5, 5.41) is 9.11. The first-order valence-corrected chi connectivity index (χ1v) is 8.20. The van der Waals surface area contributed by atoms with Crippen LogP contribution >= 0.6 is 11.3 Å². The molecule has 0 amide bonds. The van der Waals surface area contributed by atoms with Crippen LogP contribution in [0.15, 0.2) is 22.5 Å². The van der Waals surface area contributed by atoms with Crippen molar-refractivity contribution < 1.29 is 13.5 Å². The number of aromatic nitrogens is 2. The number of aryl methyl sites for hydroxylation is 2.